The van der Waals surface area contributed by atoms with Gasteiger partial charge in [0, 0.05) is 5.56 Å². The first-order valence-corrected chi connectivity index (χ1v) is 9.83. The van der Waals surface area contributed by atoms with Gasteiger partial charge in [-0.15, -0.1) is 11.3 Å². The number of aromatic nitrogens is 1. The predicted molar refractivity (Wildman–Crippen MR) is 116 cm³/mol. The Morgan fingerprint density at radius 1 is 1.00 bits per heavy atom. The van der Waals surface area contributed by atoms with Crippen LogP contribution in [-0.2, 0) is 0 Å². The summed E-state index contributed by atoms with van der Waals surface area (Å²) in [7, 11) is 0. The zero-order valence-electron chi connectivity index (χ0n) is 15.4. The van der Waals surface area contributed by atoms with E-state index in [2.05, 4.69) is 4.98 Å². The quantitative estimate of drug-likeness (QED) is 0.313. The number of hydrogen-bond acceptors (Lipinski definition) is 5. The number of thiazole rings is 1. The molecule has 4 nitrogen and oxygen atoms in total. The van der Waals surface area contributed by atoms with Gasteiger partial charge < -0.3 is 4.74 Å². The monoisotopic (exact) mass is 396 g/mol. The largest absolute Gasteiger partial charge is 0.479 e. The van der Waals surface area contributed by atoms with Crippen LogP contribution in [-0.4, -0.2) is 17.4 Å². The molecule has 4 rings (SSSR count). The summed E-state index contributed by atoms with van der Waals surface area (Å²) in [5.41, 5.74) is 2.89. The predicted octanol–water partition coefficient (Wildman–Crippen LogP) is 5.62. The smallest absolute Gasteiger partial charge is 0.196 e. The molecule has 0 unspecified atom stereocenters. The van der Waals surface area contributed by atoms with Crippen LogP contribution in [0.15, 0.2) is 78.9 Å². The number of fused-ring (bicyclic) bond motifs is 1. The molecule has 0 radical (unpaired) electrons. The summed E-state index contributed by atoms with van der Waals surface area (Å²) in [6.07, 6.45) is 1.85. The van der Waals surface area contributed by atoms with Gasteiger partial charge in [-0.2, -0.15) is 5.26 Å². The summed E-state index contributed by atoms with van der Waals surface area (Å²) >= 11 is 1.50. The maximum Gasteiger partial charge on any atom is 0.196 e. The van der Waals surface area contributed by atoms with Gasteiger partial charge in [0.25, 0.3) is 0 Å². The average Bonchev–Trinajstić information content (AvgIpc) is 3.21. The number of benzene rings is 3. The van der Waals surface area contributed by atoms with Crippen molar-refractivity contribution in [3.63, 3.8) is 0 Å². The molecule has 0 aliphatic rings. The number of carbonyl (C=O) groups excluding carboxylic acids is 1. The molecule has 0 aliphatic carbocycles. The fourth-order valence-corrected chi connectivity index (χ4v) is 3.88. The van der Waals surface area contributed by atoms with E-state index in [-0.39, 0.29) is 12.4 Å². The van der Waals surface area contributed by atoms with Gasteiger partial charge in [0.15, 0.2) is 12.4 Å². The van der Waals surface area contributed by atoms with Crippen molar-refractivity contribution in [2.45, 2.75) is 0 Å². The second-order valence-electron chi connectivity index (χ2n) is 6.26. The lowest BCUT2D eigenvalue weighted by Crippen LogP contribution is -2.02. The molecule has 29 heavy (non-hydrogen) atoms. The third-order valence-corrected chi connectivity index (χ3v) is 5.37. The number of nitriles is 1. The second-order valence-corrected chi connectivity index (χ2v) is 7.29. The Morgan fingerprint density at radius 3 is 2.45 bits per heavy atom. The molecule has 1 aromatic heterocycles. The zero-order valence-corrected chi connectivity index (χ0v) is 16.2. The zero-order chi connectivity index (χ0) is 20.1. The van der Waals surface area contributed by atoms with Crippen molar-refractivity contribution < 1.29 is 9.53 Å². The Labute approximate surface area is 172 Å². The van der Waals surface area contributed by atoms with Gasteiger partial charge in [-0.1, -0.05) is 54.6 Å². The number of ketones is 1. The molecule has 0 aliphatic heterocycles. The molecule has 0 fully saturated rings. The van der Waals surface area contributed by atoms with Gasteiger partial charge in [0.05, 0.1) is 15.8 Å². The maximum atomic E-state index is 13.3. The van der Waals surface area contributed by atoms with Crippen molar-refractivity contribution in [3.8, 4) is 11.8 Å². The van der Waals surface area contributed by atoms with Gasteiger partial charge >= 0.3 is 0 Å². The van der Waals surface area contributed by atoms with Crippen LogP contribution in [0.25, 0.3) is 21.9 Å². The fourth-order valence-electron chi connectivity index (χ4n) is 2.90. The van der Waals surface area contributed by atoms with E-state index in [1.807, 2.05) is 78.9 Å². The third kappa shape index (κ3) is 4.23. The Bertz CT molecular complexity index is 1190. The second kappa shape index (κ2) is 8.51. The molecule has 0 spiro atoms. The summed E-state index contributed by atoms with van der Waals surface area (Å²) < 4.78 is 6.33. The van der Waals surface area contributed by atoms with Crippen LogP contribution >= 0.6 is 11.3 Å². The van der Waals surface area contributed by atoms with Crippen LogP contribution in [0.3, 0.4) is 0 Å². The lowest BCUT2D eigenvalue weighted by molar-refractivity contribution is 0.105. The third-order valence-electron chi connectivity index (χ3n) is 4.30. The van der Waals surface area contributed by atoms with Gasteiger partial charge in [-0.05, 0) is 35.9 Å². The molecule has 0 bridgehead atoms. The summed E-state index contributed by atoms with van der Waals surface area (Å²) in [5, 5.41) is 9.31. The van der Waals surface area contributed by atoms with E-state index < -0.39 is 0 Å². The topological polar surface area (TPSA) is 63.0 Å². The van der Waals surface area contributed by atoms with Crippen molar-refractivity contribution in [2.75, 3.05) is 6.61 Å². The molecule has 3 aromatic carbocycles. The summed E-state index contributed by atoms with van der Waals surface area (Å²) in [5.74, 6) is 0.536. The van der Waals surface area contributed by atoms with Crippen molar-refractivity contribution in [3.05, 3.63) is 95.0 Å². The highest BCUT2D eigenvalue weighted by molar-refractivity contribution is 7.20. The molecule has 0 saturated heterocycles. The minimum atomic E-state index is -0.0746. The lowest BCUT2D eigenvalue weighted by Gasteiger charge is -2.06. The van der Waals surface area contributed by atoms with E-state index in [0.29, 0.717) is 21.9 Å². The van der Waals surface area contributed by atoms with E-state index in [0.717, 1.165) is 15.8 Å². The number of carbonyl (C=O) groups is 1. The molecule has 5 heteroatoms. The number of nitrogens with zero attached hydrogens (tertiary/aromatic N) is 2. The van der Waals surface area contributed by atoms with Crippen LogP contribution < -0.4 is 4.74 Å². The molecule has 4 aromatic rings. The minimum Gasteiger partial charge on any atom is -0.479 e. The molecule has 0 amide bonds. The molecular weight excluding hydrogens is 380 g/mol. The summed E-state index contributed by atoms with van der Waals surface area (Å²) in [6, 6.07) is 26.3. The van der Waals surface area contributed by atoms with E-state index in [4.69, 9.17) is 10.00 Å². The SMILES string of the molecule is N#CCOc1ccc(/C=C(/C(=O)c2ccccc2)c2nc3ccccc3s2)cc1. The lowest BCUT2D eigenvalue weighted by atomic mass is 10.0. The van der Waals surface area contributed by atoms with Gasteiger partial charge in [0.1, 0.15) is 16.8 Å². The van der Waals surface area contributed by atoms with Crippen molar-refractivity contribution in [2.24, 2.45) is 0 Å². The summed E-state index contributed by atoms with van der Waals surface area (Å²) in [4.78, 5) is 18.0. The standard InChI is InChI=1S/C24H16N2O2S/c25-14-15-28-19-12-10-17(11-13-19)16-20(23(27)18-6-2-1-3-7-18)24-26-21-8-4-5-9-22(21)29-24/h1-13,16H,15H2/b20-16-. The number of Topliss-reactive ketones (excluding diaryl/α,β-unsaturated/α-hetero) is 1. The summed E-state index contributed by atoms with van der Waals surface area (Å²) in [6.45, 7) is -0.00136. The Morgan fingerprint density at radius 2 is 1.72 bits per heavy atom. The van der Waals surface area contributed by atoms with E-state index >= 15 is 0 Å². The van der Waals surface area contributed by atoms with Crippen molar-refractivity contribution in [1.82, 2.24) is 4.98 Å². The fraction of sp³-hybridized carbons (Fsp3) is 0.0417. The highest BCUT2D eigenvalue weighted by Gasteiger charge is 2.18. The van der Waals surface area contributed by atoms with Crippen LogP contribution in [0.4, 0.5) is 0 Å². The van der Waals surface area contributed by atoms with Gasteiger partial charge in [0.2, 0.25) is 0 Å². The first kappa shape index (κ1) is 18.6. The number of para-hydroxylation sites is 1. The Hall–Kier alpha value is -3.75. The maximum absolute atomic E-state index is 13.3. The number of ether oxygens (including phenoxy) is 1. The highest BCUT2D eigenvalue weighted by Crippen LogP contribution is 2.31. The number of rotatable bonds is 6. The van der Waals surface area contributed by atoms with E-state index in [1.165, 1.54) is 11.3 Å². The van der Waals surface area contributed by atoms with Crippen molar-refractivity contribution in [1.29, 1.82) is 5.26 Å². The first-order valence-electron chi connectivity index (χ1n) is 9.02. The average molecular weight is 396 g/mol. The molecular formula is C24H16N2O2S. The van der Waals surface area contributed by atoms with Gasteiger partial charge in [-0.25, -0.2) is 4.98 Å². The van der Waals surface area contributed by atoms with Crippen LogP contribution in [0, 0.1) is 11.3 Å². The molecule has 0 saturated carbocycles. The molecule has 140 valence electrons. The normalized spacial score (nSPS) is 11.2. The molecule has 1 heterocycles. The first-order chi connectivity index (χ1) is 14.2. The highest BCUT2D eigenvalue weighted by atomic mass is 32.1. The van der Waals surface area contributed by atoms with Gasteiger partial charge in [-0.3, -0.25) is 4.79 Å². The van der Waals surface area contributed by atoms with Crippen molar-refractivity contribution >= 4 is 39.0 Å². The van der Waals surface area contributed by atoms with Crippen LogP contribution in [0.1, 0.15) is 20.9 Å². The number of hydrogen-bond donors (Lipinski definition) is 0. The van der Waals surface area contributed by atoms with E-state index in [9.17, 15) is 4.79 Å². The molecule has 0 atom stereocenters. The number of allylic oxidation sites excluding steroid dienone is 1. The molecule has 0 N–H and O–H groups in total. The minimum absolute atomic E-state index is 0.00136. The van der Waals surface area contributed by atoms with Crippen LogP contribution in [0.5, 0.6) is 5.75 Å². The van der Waals surface area contributed by atoms with E-state index in [1.54, 1.807) is 12.1 Å². The Kier molecular flexibility index (Phi) is 5.46. The van der Waals surface area contributed by atoms with Crippen LogP contribution in [0.2, 0.25) is 0 Å². The Balaban J connectivity index is 1.76.